The lowest BCUT2D eigenvalue weighted by molar-refractivity contribution is 0.0697. The van der Waals surface area contributed by atoms with Crippen molar-refractivity contribution in [3.05, 3.63) is 29.6 Å². The molecular formula is C15H19N3O2. The van der Waals surface area contributed by atoms with Gasteiger partial charge < -0.3 is 14.6 Å². The van der Waals surface area contributed by atoms with Gasteiger partial charge in [0.05, 0.1) is 16.6 Å². The maximum Gasteiger partial charge on any atom is 0.335 e. The van der Waals surface area contributed by atoms with E-state index in [0.29, 0.717) is 11.6 Å². The summed E-state index contributed by atoms with van der Waals surface area (Å²) in [6, 6.07) is 5.68. The number of carboxylic acid groups (broad SMARTS) is 1. The molecule has 0 bridgehead atoms. The van der Waals surface area contributed by atoms with Gasteiger partial charge in [-0.3, -0.25) is 0 Å². The molecule has 0 aliphatic carbocycles. The molecule has 1 aliphatic heterocycles. The molecule has 106 valence electrons. The molecule has 0 saturated carbocycles. The second-order valence-corrected chi connectivity index (χ2v) is 5.57. The number of carbonyl (C=O) groups is 1. The maximum absolute atomic E-state index is 11.0. The van der Waals surface area contributed by atoms with Crippen molar-refractivity contribution < 1.29 is 9.90 Å². The number of aromatic nitrogens is 2. The Morgan fingerprint density at radius 3 is 2.70 bits per heavy atom. The smallest absolute Gasteiger partial charge is 0.335 e. The number of fused-ring (bicyclic) bond motifs is 1. The van der Waals surface area contributed by atoms with Crippen LogP contribution in [0.15, 0.2) is 18.2 Å². The van der Waals surface area contributed by atoms with Gasteiger partial charge in [0.25, 0.3) is 0 Å². The maximum atomic E-state index is 11.0. The van der Waals surface area contributed by atoms with Crippen LogP contribution in [0.2, 0.25) is 0 Å². The van der Waals surface area contributed by atoms with Crippen LogP contribution in [0.25, 0.3) is 11.0 Å². The van der Waals surface area contributed by atoms with Gasteiger partial charge in [-0.05, 0) is 58.1 Å². The molecule has 1 fully saturated rings. The Morgan fingerprint density at radius 1 is 1.35 bits per heavy atom. The summed E-state index contributed by atoms with van der Waals surface area (Å²) in [7, 11) is 2.15. The molecular weight excluding hydrogens is 254 g/mol. The summed E-state index contributed by atoms with van der Waals surface area (Å²) in [4.78, 5) is 17.9. The molecule has 0 amide bonds. The van der Waals surface area contributed by atoms with E-state index in [1.165, 1.54) is 0 Å². The topological polar surface area (TPSA) is 58.4 Å². The number of aryl methyl sites for hydroxylation is 1. The SMILES string of the molecule is Cc1nc2cc(C(=O)O)ccc2n1C1CCN(C)CC1. The highest BCUT2D eigenvalue weighted by molar-refractivity contribution is 5.92. The van der Waals surface area contributed by atoms with E-state index in [1.54, 1.807) is 12.1 Å². The van der Waals surface area contributed by atoms with Crippen molar-refractivity contribution in [2.75, 3.05) is 20.1 Å². The second kappa shape index (κ2) is 4.90. The van der Waals surface area contributed by atoms with E-state index in [2.05, 4.69) is 21.5 Å². The van der Waals surface area contributed by atoms with Crippen LogP contribution in [0, 0.1) is 6.92 Å². The number of hydrogen-bond donors (Lipinski definition) is 1. The standard InChI is InChI=1S/C15H19N3O2/c1-10-16-13-9-11(15(19)20)3-4-14(13)18(10)12-5-7-17(2)8-6-12/h3-4,9,12H,5-8H2,1-2H3,(H,19,20). The fourth-order valence-corrected chi connectivity index (χ4v) is 3.07. The summed E-state index contributed by atoms with van der Waals surface area (Å²) in [6.45, 7) is 4.19. The van der Waals surface area contributed by atoms with E-state index >= 15 is 0 Å². The third kappa shape index (κ3) is 2.18. The molecule has 1 aromatic heterocycles. The van der Waals surface area contributed by atoms with Crippen LogP contribution in [0.3, 0.4) is 0 Å². The zero-order chi connectivity index (χ0) is 14.3. The summed E-state index contributed by atoms with van der Waals surface area (Å²) >= 11 is 0. The number of benzene rings is 1. The average molecular weight is 273 g/mol. The predicted octanol–water partition coefficient (Wildman–Crippen LogP) is 2.31. The normalized spacial score (nSPS) is 17.7. The van der Waals surface area contributed by atoms with Gasteiger partial charge in [-0.1, -0.05) is 0 Å². The zero-order valence-electron chi connectivity index (χ0n) is 11.8. The molecule has 2 aromatic rings. The monoisotopic (exact) mass is 273 g/mol. The highest BCUT2D eigenvalue weighted by atomic mass is 16.4. The van der Waals surface area contributed by atoms with Gasteiger partial charge >= 0.3 is 5.97 Å². The third-order valence-corrected chi connectivity index (χ3v) is 4.17. The highest BCUT2D eigenvalue weighted by Crippen LogP contribution is 2.28. The first-order chi connectivity index (χ1) is 9.56. The van der Waals surface area contributed by atoms with Gasteiger partial charge in [-0.2, -0.15) is 0 Å². The Bertz CT molecular complexity index is 654. The van der Waals surface area contributed by atoms with Crippen LogP contribution in [0.5, 0.6) is 0 Å². The molecule has 20 heavy (non-hydrogen) atoms. The number of rotatable bonds is 2. The lowest BCUT2D eigenvalue weighted by Crippen LogP contribution is -2.31. The van der Waals surface area contributed by atoms with E-state index in [0.717, 1.165) is 42.8 Å². The number of aromatic carboxylic acids is 1. The van der Waals surface area contributed by atoms with E-state index in [9.17, 15) is 4.79 Å². The third-order valence-electron chi connectivity index (χ3n) is 4.17. The summed E-state index contributed by atoms with van der Waals surface area (Å²) in [5.41, 5.74) is 2.12. The molecule has 1 N–H and O–H groups in total. The quantitative estimate of drug-likeness (QED) is 0.912. The van der Waals surface area contributed by atoms with Gasteiger partial charge in [0, 0.05) is 6.04 Å². The van der Waals surface area contributed by atoms with Crippen molar-refractivity contribution in [1.29, 1.82) is 0 Å². The second-order valence-electron chi connectivity index (χ2n) is 5.57. The molecule has 0 atom stereocenters. The minimum Gasteiger partial charge on any atom is -0.478 e. The summed E-state index contributed by atoms with van der Waals surface area (Å²) in [5.74, 6) is 0.0653. The number of likely N-dealkylation sites (tertiary alicyclic amines) is 1. The van der Waals surface area contributed by atoms with E-state index < -0.39 is 5.97 Å². The van der Waals surface area contributed by atoms with Gasteiger partial charge in [0.2, 0.25) is 0 Å². The largest absolute Gasteiger partial charge is 0.478 e. The molecule has 1 aromatic carbocycles. The van der Waals surface area contributed by atoms with E-state index in [-0.39, 0.29) is 0 Å². The molecule has 0 unspecified atom stereocenters. The zero-order valence-corrected chi connectivity index (χ0v) is 11.8. The Morgan fingerprint density at radius 2 is 2.05 bits per heavy atom. The molecule has 5 heteroatoms. The van der Waals surface area contributed by atoms with E-state index in [1.807, 2.05) is 13.0 Å². The van der Waals surface area contributed by atoms with Crippen LogP contribution in [0.4, 0.5) is 0 Å². The predicted molar refractivity (Wildman–Crippen MR) is 77.2 cm³/mol. The minimum atomic E-state index is -0.904. The first kappa shape index (κ1) is 13.1. The molecule has 1 aliphatic rings. The summed E-state index contributed by atoms with van der Waals surface area (Å²) in [5, 5.41) is 9.06. The number of piperidine rings is 1. The molecule has 1 saturated heterocycles. The van der Waals surface area contributed by atoms with Crippen LogP contribution in [-0.4, -0.2) is 45.7 Å². The van der Waals surface area contributed by atoms with Crippen molar-refractivity contribution in [3.8, 4) is 0 Å². The van der Waals surface area contributed by atoms with Gasteiger partial charge in [-0.25, -0.2) is 9.78 Å². The minimum absolute atomic E-state index is 0.297. The summed E-state index contributed by atoms with van der Waals surface area (Å²) in [6.07, 6.45) is 2.23. The lowest BCUT2D eigenvalue weighted by atomic mass is 10.0. The molecule has 3 rings (SSSR count). The Balaban J connectivity index is 2.02. The van der Waals surface area contributed by atoms with E-state index in [4.69, 9.17) is 5.11 Å². The van der Waals surface area contributed by atoms with Crippen molar-refractivity contribution in [2.45, 2.75) is 25.8 Å². The molecule has 5 nitrogen and oxygen atoms in total. The number of nitrogens with zero attached hydrogens (tertiary/aromatic N) is 3. The number of hydrogen-bond acceptors (Lipinski definition) is 3. The Kier molecular flexibility index (Phi) is 3.22. The molecule has 0 spiro atoms. The Labute approximate surface area is 117 Å². The van der Waals surface area contributed by atoms with Crippen molar-refractivity contribution in [1.82, 2.24) is 14.5 Å². The molecule has 0 radical (unpaired) electrons. The highest BCUT2D eigenvalue weighted by Gasteiger charge is 2.22. The fourth-order valence-electron chi connectivity index (χ4n) is 3.07. The van der Waals surface area contributed by atoms with Crippen molar-refractivity contribution in [3.63, 3.8) is 0 Å². The van der Waals surface area contributed by atoms with Crippen molar-refractivity contribution in [2.24, 2.45) is 0 Å². The van der Waals surface area contributed by atoms with Crippen LogP contribution in [-0.2, 0) is 0 Å². The van der Waals surface area contributed by atoms with Crippen molar-refractivity contribution >= 4 is 17.0 Å². The van der Waals surface area contributed by atoms with Crippen LogP contribution < -0.4 is 0 Å². The lowest BCUT2D eigenvalue weighted by Gasteiger charge is -2.30. The summed E-state index contributed by atoms with van der Waals surface area (Å²) < 4.78 is 2.27. The number of imidazole rings is 1. The average Bonchev–Trinajstić information content (AvgIpc) is 2.74. The fraction of sp³-hybridized carbons (Fsp3) is 0.467. The first-order valence-electron chi connectivity index (χ1n) is 6.96. The van der Waals surface area contributed by atoms with Gasteiger partial charge in [0.15, 0.2) is 0 Å². The Hall–Kier alpha value is -1.88. The number of carboxylic acids is 1. The van der Waals surface area contributed by atoms with Crippen LogP contribution in [0.1, 0.15) is 35.1 Å². The van der Waals surface area contributed by atoms with Gasteiger partial charge in [-0.15, -0.1) is 0 Å². The molecule has 2 heterocycles. The first-order valence-corrected chi connectivity index (χ1v) is 6.96. The van der Waals surface area contributed by atoms with Crippen LogP contribution >= 0.6 is 0 Å². The van der Waals surface area contributed by atoms with Gasteiger partial charge in [0.1, 0.15) is 5.82 Å².